The van der Waals surface area contributed by atoms with E-state index < -0.39 is 0 Å². The second-order valence-electron chi connectivity index (χ2n) is 6.26. The molecule has 1 aromatic heterocycles. The Morgan fingerprint density at radius 2 is 1.89 bits per heavy atom. The molecule has 3 aromatic rings. The van der Waals surface area contributed by atoms with E-state index in [1.807, 2.05) is 38.2 Å². The van der Waals surface area contributed by atoms with Crippen molar-refractivity contribution in [2.24, 2.45) is 12.0 Å². The summed E-state index contributed by atoms with van der Waals surface area (Å²) in [6.45, 7) is 3.05. The van der Waals surface area contributed by atoms with Crippen molar-refractivity contribution in [3.63, 3.8) is 0 Å². The number of aromatic nitrogens is 2. The van der Waals surface area contributed by atoms with Crippen LogP contribution in [0.15, 0.2) is 53.5 Å². The molecule has 3 rings (SSSR count). The first-order chi connectivity index (χ1) is 13.1. The van der Waals surface area contributed by atoms with Crippen molar-refractivity contribution in [3.8, 4) is 5.75 Å². The van der Waals surface area contributed by atoms with Gasteiger partial charge in [0.2, 0.25) is 0 Å². The van der Waals surface area contributed by atoms with E-state index in [0.29, 0.717) is 24.8 Å². The van der Waals surface area contributed by atoms with Crippen LogP contribution >= 0.6 is 24.0 Å². The monoisotopic (exact) mass is 497 g/mol. The van der Waals surface area contributed by atoms with Crippen molar-refractivity contribution in [1.82, 2.24) is 20.2 Å². The summed E-state index contributed by atoms with van der Waals surface area (Å²) in [6.07, 6.45) is -0.107. The lowest BCUT2D eigenvalue weighted by Crippen LogP contribution is -2.41. The highest BCUT2D eigenvalue weighted by Gasteiger charge is 2.09. The summed E-state index contributed by atoms with van der Waals surface area (Å²) in [7, 11) is 3.72. The summed E-state index contributed by atoms with van der Waals surface area (Å²) in [5.74, 6) is 1.94. The molecular formula is C20H25FIN5O. The Balaban J connectivity index is 0.00000280. The minimum atomic E-state index is -0.278. The number of halogens is 2. The lowest BCUT2D eigenvalue weighted by molar-refractivity contribution is 0.223. The summed E-state index contributed by atoms with van der Waals surface area (Å²) in [6, 6.07) is 14.0. The molecule has 2 aromatic carbocycles. The normalized spacial score (nSPS) is 12.4. The number of nitrogens with zero attached hydrogens (tertiary/aromatic N) is 3. The SMILES string of the molecule is CN=C(NCc1nc2ccccc2n1C)NCC(C)Oc1ccc(F)cc1.I. The molecule has 0 aliphatic heterocycles. The molecule has 1 heterocycles. The number of rotatable bonds is 6. The average molecular weight is 497 g/mol. The zero-order valence-electron chi connectivity index (χ0n) is 16.1. The van der Waals surface area contributed by atoms with E-state index in [-0.39, 0.29) is 35.9 Å². The number of benzene rings is 2. The lowest BCUT2D eigenvalue weighted by Gasteiger charge is -2.17. The fourth-order valence-corrected chi connectivity index (χ4v) is 2.76. The van der Waals surface area contributed by atoms with Crippen LogP contribution in [0.1, 0.15) is 12.7 Å². The second kappa shape index (κ2) is 10.3. The maximum atomic E-state index is 12.9. The van der Waals surface area contributed by atoms with Crippen LogP contribution < -0.4 is 15.4 Å². The zero-order chi connectivity index (χ0) is 19.2. The molecular weight excluding hydrogens is 472 g/mol. The molecule has 8 heteroatoms. The fourth-order valence-electron chi connectivity index (χ4n) is 2.76. The number of aliphatic imine (C=N–C) groups is 1. The third kappa shape index (κ3) is 5.57. The first-order valence-corrected chi connectivity index (χ1v) is 8.84. The maximum absolute atomic E-state index is 12.9. The molecule has 28 heavy (non-hydrogen) atoms. The van der Waals surface area contributed by atoms with Crippen molar-refractivity contribution in [2.75, 3.05) is 13.6 Å². The number of fused-ring (bicyclic) bond motifs is 1. The molecule has 0 saturated heterocycles. The number of para-hydroxylation sites is 2. The lowest BCUT2D eigenvalue weighted by atomic mass is 10.3. The standard InChI is InChI=1S/C20H24FN5O.HI/c1-14(27-16-10-8-15(21)9-11-16)12-23-20(22-2)24-13-19-25-17-6-4-5-7-18(17)26(19)3;/h4-11,14H,12-13H2,1-3H3,(H2,22,23,24);1H. The van der Waals surface area contributed by atoms with Gasteiger partial charge in [-0.1, -0.05) is 12.1 Å². The van der Waals surface area contributed by atoms with E-state index in [1.165, 1.54) is 12.1 Å². The largest absolute Gasteiger partial charge is 0.489 e. The molecule has 0 radical (unpaired) electrons. The van der Waals surface area contributed by atoms with Gasteiger partial charge < -0.3 is 19.9 Å². The maximum Gasteiger partial charge on any atom is 0.191 e. The molecule has 0 fully saturated rings. The number of ether oxygens (including phenoxy) is 1. The minimum Gasteiger partial charge on any atom is -0.489 e. The molecule has 150 valence electrons. The van der Waals surface area contributed by atoms with Gasteiger partial charge in [0.15, 0.2) is 5.96 Å². The quantitative estimate of drug-likeness (QED) is 0.311. The van der Waals surface area contributed by atoms with Crippen molar-refractivity contribution >= 4 is 41.0 Å². The Hall–Kier alpha value is -2.36. The summed E-state index contributed by atoms with van der Waals surface area (Å²) in [4.78, 5) is 8.87. The zero-order valence-corrected chi connectivity index (χ0v) is 18.5. The van der Waals surface area contributed by atoms with Crippen LogP contribution in [0.5, 0.6) is 5.75 Å². The van der Waals surface area contributed by atoms with E-state index >= 15 is 0 Å². The predicted molar refractivity (Wildman–Crippen MR) is 121 cm³/mol. The minimum absolute atomic E-state index is 0. The molecule has 1 atom stereocenters. The number of hydrogen-bond acceptors (Lipinski definition) is 3. The number of imidazole rings is 1. The summed E-state index contributed by atoms with van der Waals surface area (Å²) in [5.41, 5.74) is 2.07. The highest BCUT2D eigenvalue weighted by Crippen LogP contribution is 2.14. The number of guanidine groups is 1. The van der Waals surface area contributed by atoms with Crippen LogP contribution in [0.2, 0.25) is 0 Å². The molecule has 1 unspecified atom stereocenters. The number of hydrogen-bond donors (Lipinski definition) is 2. The van der Waals surface area contributed by atoms with E-state index in [9.17, 15) is 4.39 Å². The van der Waals surface area contributed by atoms with Gasteiger partial charge in [-0.25, -0.2) is 9.37 Å². The Labute approximate surface area is 181 Å². The topological polar surface area (TPSA) is 63.5 Å². The van der Waals surface area contributed by atoms with Gasteiger partial charge in [0.1, 0.15) is 23.5 Å². The van der Waals surface area contributed by atoms with Crippen LogP contribution in [0.4, 0.5) is 4.39 Å². The molecule has 0 amide bonds. The molecule has 2 N–H and O–H groups in total. The smallest absolute Gasteiger partial charge is 0.191 e. The van der Waals surface area contributed by atoms with Gasteiger partial charge in [-0.2, -0.15) is 0 Å². The Bertz CT molecular complexity index is 926. The summed E-state index contributed by atoms with van der Waals surface area (Å²) >= 11 is 0. The fraction of sp³-hybridized carbons (Fsp3) is 0.300. The van der Waals surface area contributed by atoms with E-state index in [2.05, 4.69) is 25.2 Å². The van der Waals surface area contributed by atoms with Crippen LogP contribution in [0, 0.1) is 5.82 Å². The number of aryl methyl sites for hydroxylation is 1. The summed E-state index contributed by atoms with van der Waals surface area (Å²) < 4.78 is 20.8. The molecule has 0 bridgehead atoms. The van der Waals surface area contributed by atoms with Crippen LogP contribution in [-0.4, -0.2) is 35.2 Å². The Kier molecular flexibility index (Phi) is 8.04. The Morgan fingerprint density at radius 3 is 2.57 bits per heavy atom. The van der Waals surface area contributed by atoms with E-state index in [0.717, 1.165) is 16.9 Å². The molecule has 0 saturated carbocycles. The molecule has 6 nitrogen and oxygen atoms in total. The highest BCUT2D eigenvalue weighted by molar-refractivity contribution is 14.0. The van der Waals surface area contributed by atoms with Crippen molar-refractivity contribution in [3.05, 3.63) is 60.2 Å². The number of nitrogens with one attached hydrogen (secondary N) is 2. The molecule has 0 aliphatic carbocycles. The van der Waals surface area contributed by atoms with Gasteiger partial charge in [-0.05, 0) is 43.3 Å². The van der Waals surface area contributed by atoms with Gasteiger partial charge >= 0.3 is 0 Å². The third-order valence-electron chi connectivity index (χ3n) is 4.23. The van der Waals surface area contributed by atoms with Crippen LogP contribution in [0.3, 0.4) is 0 Å². The first kappa shape index (κ1) is 21.9. The van der Waals surface area contributed by atoms with Crippen LogP contribution in [-0.2, 0) is 13.6 Å². The Morgan fingerprint density at radius 1 is 1.18 bits per heavy atom. The van der Waals surface area contributed by atoms with Gasteiger partial charge in [-0.15, -0.1) is 24.0 Å². The van der Waals surface area contributed by atoms with Gasteiger partial charge in [0, 0.05) is 14.1 Å². The third-order valence-corrected chi connectivity index (χ3v) is 4.23. The molecule has 0 spiro atoms. The summed E-state index contributed by atoms with van der Waals surface area (Å²) in [5, 5.41) is 6.49. The van der Waals surface area contributed by atoms with Crippen molar-refractivity contribution in [2.45, 2.75) is 19.6 Å². The van der Waals surface area contributed by atoms with Crippen molar-refractivity contribution < 1.29 is 9.13 Å². The first-order valence-electron chi connectivity index (χ1n) is 8.84. The second-order valence-corrected chi connectivity index (χ2v) is 6.26. The molecule has 0 aliphatic rings. The highest BCUT2D eigenvalue weighted by atomic mass is 127. The van der Waals surface area contributed by atoms with E-state index in [4.69, 9.17) is 4.74 Å². The average Bonchev–Trinajstić information content (AvgIpc) is 3.00. The predicted octanol–water partition coefficient (Wildman–Crippen LogP) is 3.46. The van der Waals surface area contributed by atoms with E-state index in [1.54, 1.807) is 19.2 Å². The van der Waals surface area contributed by atoms with Gasteiger partial charge in [-0.3, -0.25) is 4.99 Å². The van der Waals surface area contributed by atoms with Gasteiger partial charge in [0.05, 0.1) is 24.1 Å². The van der Waals surface area contributed by atoms with Crippen LogP contribution in [0.25, 0.3) is 11.0 Å². The van der Waals surface area contributed by atoms with Crippen molar-refractivity contribution in [1.29, 1.82) is 0 Å². The van der Waals surface area contributed by atoms with Gasteiger partial charge in [0.25, 0.3) is 0 Å².